The highest BCUT2D eigenvalue weighted by Crippen LogP contribution is 2.09. The van der Waals surface area contributed by atoms with Crippen molar-refractivity contribution in [2.24, 2.45) is 0 Å². The van der Waals surface area contributed by atoms with Gasteiger partial charge in [-0.25, -0.2) is 19.3 Å². The molecule has 4 rings (SSSR count). The molecular weight excluding hydrogens is 354 g/mol. The Morgan fingerprint density at radius 2 is 1.46 bits per heavy atom. The van der Waals surface area contributed by atoms with Crippen LogP contribution in [0.15, 0.2) is 73.8 Å². The highest BCUT2D eigenvalue weighted by Gasteiger charge is 2.06. The Morgan fingerprint density at radius 3 is 2.11 bits per heavy atom. The minimum atomic E-state index is -0.103. The van der Waals surface area contributed by atoms with Gasteiger partial charge in [0.05, 0.1) is 13.1 Å². The summed E-state index contributed by atoms with van der Waals surface area (Å²) in [4.78, 5) is 20.3. The van der Waals surface area contributed by atoms with E-state index in [1.807, 2.05) is 42.5 Å². The molecule has 0 aliphatic carbocycles. The molecule has 0 fully saturated rings. The fraction of sp³-hybridized carbons (Fsp3) is 0.150. The van der Waals surface area contributed by atoms with Crippen molar-refractivity contribution in [1.29, 1.82) is 0 Å². The summed E-state index contributed by atoms with van der Waals surface area (Å²) in [5.41, 5.74) is 3.83. The average molecular weight is 373 g/mol. The summed E-state index contributed by atoms with van der Waals surface area (Å²) in [7, 11) is 0. The number of nitrogens with zero attached hydrogens (tertiary/aromatic N) is 6. The first-order valence-electron chi connectivity index (χ1n) is 8.86. The van der Waals surface area contributed by atoms with E-state index in [4.69, 9.17) is 0 Å². The molecule has 1 amide bonds. The molecule has 8 heteroatoms. The smallest absolute Gasteiger partial charge is 0.251 e. The topological polar surface area (TPSA) is 90.5 Å². The van der Waals surface area contributed by atoms with Crippen molar-refractivity contribution in [2.75, 3.05) is 0 Å². The maximum absolute atomic E-state index is 12.4. The highest BCUT2D eigenvalue weighted by atomic mass is 16.1. The van der Waals surface area contributed by atoms with Gasteiger partial charge in [-0.05, 0) is 28.8 Å². The Bertz CT molecular complexity index is 1020. The average Bonchev–Trinajstić information content (AvgIpc) is 3.41. The molecule has 0 bridgehead atoms. The molecule has 0 unspecified atom stereocenters. The fourth-order valence-corrected chi connectivity index (χ4v) is 2.89. The van der Waals surface area contributed by atoms with Gasteiger partial charge in [0.15, 0.2) is 0 Å². The summed E-state index contributed by atoms with van der Waals surface area (Å²) in [6.45, 7) is 1.74. The minimum absolute atomic E-state index is 0.103. The van der Waals surface area contributed by atoms with E-state index in [1.165, 1.54) is 12.7 Å². The number of rotatable bonds is 7. The van der Waals surface area contributed by atoms with Gasteiger partial charge in [-0.2, -0.15) is 10.2 Å². The van der Waals surface area contributed by atoms with Crippen LogP contribution in [0.2, 0.25) is 0 Å². The number of nitrogens with one attached hydrogen (secondary N) is 1. The first-order valence-corrected chi connectivity index (χ1v) is 8.86. The van der Waals surface area contributed by atoms with Crippen LogP contribution in [0.3, 0.4) is 0 Å². The van der Waals surface area contributed by atoms with E-state index in [0.717, 1.165) is 16.7 Å². The van der Waals surface area contributed by atoms with E-state index < -0.39 is 0 Å². The Kier molecular flexibility index (Phi) is 5.19. The summed E-state index contributed by atoms with van der Waals surface area (Å²) >= 11 is 0. The zero-order valence-electron chi connectivity index (χ0n) is 15.1. The number of carbonyl (C=O) groups is 1. The Balaban J connectivity index is 1.34. The van der Waals surface area contributed by atoms with Crippen molar-refractivity contribution in [3.8, 4) is 0 Å². The lowest BCUT2D eigenvalue weighted by Gasteiger charge is -2.08. The second-order valence-electron chi connectivity index (χ2n) is 6.39. The summed E-state index contributed by atoms with van der Waals surface area (Å²) in [5.74, 6) is -0.103. The van der Waals surface area contributed by atoms with E-state index in [-0.39, 0.29) is 5.91 Å². The maximum atomic E-state index is 12.4. The third-order valence-electron chi connectivity index (χ3n) is 4.28. The van der Waals surface area contributed by atoms with Gasteiger partial charge < -0.3 is 5.32 Å². The van der Waals surface area contributed by atoms with Crippen molar-refractivity contribution < 1.29 is 4.79 Å². The van der Waals surface area contributed by atoms with Crippen LogP contribution in [-0.4, -0.2) is 35.4 Å². The second kappa shape index (κ2) is 8.26. The molecule has 1 N–H and O–H groups in total. The highest BCUT2D eigenvalue weighted by molar-refractivity contribution is 5.94. The Labute approximate surface area is 161 Å². The summed E-state index contributed by atoms with van der Waals surface area (Å²) < 4.78 is 3.50. The summed E-state index contributed by atoms with van der Waals surface area (Å²) in [5, 5.41) is 11.2. The van der Waals surface area contributed by atoms with E-state index in [9.17, 15) is 4.79 Å². The van der Waals surface area contributed by atoms with Crippen molar-refractivity contribution in [3.63, 3.8) is 0 Å². The molecule has 0 atom stereocenters. The van der Waals surface area contributed by atoms with E-state index in [1.54, 1.807) is 22.0 Å². The molecule has 2 heterocycles. The molecule has 0 saturated heterocycles. The zero-order valence-corrected chi connectivity index (χ0v) is 15.1. The lowest BCUT2D eigenvalue weighted by atomic mass is 10.1. The first-order chi connectivity index (χ1) is 13.8. The molecule has 0 radical (unpaired) electrons. The summed E-state index contributed by atoms with van der Waals surface area (Å²) in [6, 6.07) is 15.6. The first kappa shape index (κ1) is 17.6. The van der Waals surface area contributed by atoms with Crippen LogP contribution >= 0.6 is 0 Å². The molecule has 8 nitrogen and oxygen atoms in total. The van der Waals surface area contributed by atoms with Gasteiger partial charge in [-0.1, -0.05) is 36.4 Å². The van der Waals surface area contributed by atoms with Crippen LogP contribution in [0.25, 0.3) is 0 Å². The molecular formula is C20H19N7O. The van der Waals surface area contributed by atoms with Gasteiger partial charge in [-0.15, -0.1) is 0 Å². The summed E-state index contributed by atoms with van der Waals surface area (Å²) in [6.07, 6.45) is 6.36. The van der Waals surface area contributed by atoms with E-state index >= 15 is 0 Å². The van der Waals surface area contributed by atoms with Crippen LogP contribution in [0.5, 0.6) is 0 Å². The van der Waals surface area contributed by atoms with Crippen LogP contribution < -0.4 is 5.32 Å². The second-order valence-corrected chi connectivity index (χ2v) is 6.39. The van der Waals surface area contributed by atoms with Gasteiger partial charge in [0.1, 0.15) is 25.3 Å². The molecule has 0 aliphatic heterocycles. The van der Waals surface area contributed by atoms with Crippen molar-refractivity contribution in [2.45, 2.75) is 19.6 Å². The largest absolute Gasteiger partial charge is 0.348 e. The third-order valence-corrected chi connectivity index (χ3v) is 4.28. The van der Waals surface area contributed by atoms with Gasteiger partial charge in [0, 0.05) is 12.1 Å². The van der Waals surface area contributed by atoms with Gasteiger partial charge >= 0.3 is 0 Å². The number of aromatic nitrogens is 6. The van der Waals surface area contributed by atoms with Crippen molar-refractivity contribution in [3.05, 3.63) is 96.1 Å². The predicted octanol–water partition coefficient (Wildman–Crippen LogP) is 1.90. The number of amides is 1. The van der Waals surface area contributed by atoms with Gasteiger partial charge in [0.25, 0.3) is 5.91 Å². The minimum Gasteiger partial charge on any atom is -0.348 e. The Morgan fingerprint density at radius 1 is 0.821 bits per heavy atom. The van der Waals surface area contributed by atoms with Crippen LogP contribution in [0, 0.1) is 0 Å². The van der Waals surface area contributed by atoms with Crippen LogP contribution in [0.1, 0.15) is 27.0 Å². The van der Waals surface area contributed by atoms with E-state index in [0.29, 0.717) is 25.2 Å². The molecule has 28 heavy (non-hydrogen) atoms. The lowest BCUT2D eigenvalue weighted by Crippen LogP contribution is -2.22. The molecule has 0 aliphatic rings. The third kappa shape index (κ3) is 4.47. The SMILES string of the molecule is O=C(NCc1cccc(Cn2cncn2)c1)c1ccc(Cn2cncn2)cc1. The number of hydrogen-bond donors (Lipinski definition) is 1. The Hall–Kier alpha value is -3.81. The fourth-order valence-electron chi connectivity index (χ4n) is 2.89. The number of hydrogen-bond acceptors (Lipinski definition) is 5. The lowest BCUT2D eigenvalue weighted by molar-refractivity contribution is 0.0951. The van der Waals surface area contributed by atoms with Crippen LogP contribution in [-0.2, 0) is 19.6 Å². The molecule has 2 aromatic heterocycles. The van der Waals surface area contributed by atoms with Crippen molar-refractivity contribution >= 4 is 5.91 Å². The quantitative estimate of drug-likeness (QED) is 0.534. The molecule has 140 valence electrons. The molecule has 2 aromatic carbocycles. The maximum Gasteiger partial charge on any atom is 0.251 e. The van der Waals surface area contributed by atoms with Gasteiger partial charge in [0.2, 0.25) is 0 Å². The monoisotopic (exact) mass is 373 g/mol. The van der Waals surface area contributed by atoms with Crippen molar-refractivity contribution in [1.82, 2.24) is 34.8 Å². The number of carbonyl (C=O) groups excluding carboxylic acids is 1. The van der Waals surface area contributed by atoms with Crippen LogP contribution in [0.4, 0.5) is 0 Å². The standard InChI is InChI=1S/C20H19N7O/c28-20(19-6-4-16(5-7-19)10-26-14-21-12-24-26)23-9-17-2-1-3-18(8-17)11-27-15-22-13-25-27/h1-8,12-15H,9-11H2,(H,23,28). The predicted molar refractivity (Wildman–Crippen MR) is 102 cm³/mol. The van der Waals surface area contributed by atoms with E-state index in [2.05, 4.69) is 31.5 Å². The molecule has 0 saturated carbocycles. The molecule has 0 spiro atoms. The zero-order chi connectivity index (χ0) is 19.2. The normalized spacial score (nSPS) is 10.7. The number of benzene rings is 2. The molecule has 4 aromatic rings. The van der Waals surface area contributed by atoms with Gasteiger partial charge in [-0.3, -0.25) is 4.79 Å².